The summed E-state index contributed by atoms with van der Waals surface area (Å²) in [7, 11) is 0. The van der Waals surface area contributed by atoms with E-state index in [0.29, 0.717) is 24.9 Å². The van der Waals surface area contributed by atoms with Crippen LogP contribution < -0.4 is 5.32 Å². The molecular weight excluding hydrogens is 218 g/mol. The Hall–Kier alpha value is -0.610. The highest BCUT2D eigenvalue weighted by molar-refractivity contribution is 5.70. The van der Waals surface area contributed by atoms with Gasteiger partial charge in [-0.25, -0.2) is 0 Å². The number of carbonyl (C=O) groups is 1. The molecule has 2 N–H and O–H groups in total. The molecule has 1 fully saturated rings. The van der Waals surface area contributed by atoms with Crippen LogP contribution in [0.15, 0.2) is 0 Å². The van der Waals surface area contributed by atoms with Crippen molar-refractivity contribution in [1.29, 1.82) is 0 Å². The summed E-state index contributed by atoms with van der Waals surface area (Å²) in [6.07, 6.45) is 3.74. The minimum Gasteiger partial charge on any atom is -0.460 e. The van der Waals surface area contributed by atoms with Crippen molar-refractivity contribution in [3.05, 3.63) is 0 Å². The quantitative estimate of drug-likeness (QED) is 0.718. The van der Waals surface area contributed by atoms with Gasteiger partial charge in [-0.2, -0.15) is 0 Å². The predicted molar refractivity (Wildman–Crippen MR) is 66.7 cm³/mol. The van der Waals surface area contributed by atoms with Gasteiger partial charge in [-0.15, -0.1) is 0 Å². The number of rotatable bonds is 5. The average Bonchev–Trinajstić information content (AvgIpc) is 2.62. The van der Waals surface area contributed by atoms with Crippen LogP contribution >= 0.6 is 0 Å². The highest BCUT2D eigenvalue weighted by Gasteiger charge is 2.26. The first-order valence-electron chi connectivity index (χ1n) is 6.48. The molecule has 0 aromatic carbocycles. The second-order valence-corrected chi connectivity index (χ2v) is 5.77. The lowest BCUT2D eigenvalue weighted by Crippen LogP contribution is -2.36. The van der Waals surface area contributed by atoms with Gasteiger partial charge >= 0.3 is 5.97 Å². The van der Waals surface area contributed by atoms with Crippen LogP contribution in [0.3, 0.4) is 0 Å². The van der Waals surface area contributed by atoms with Crippen LogP contribution in [-0.4, -0.2) is 35.9 Å². The van der Waals surface area contributed by atoms with Crippen LogP contribution in [0, 0.1) is 5.92 Å². The van der Waals surface area contributed by atoms with E-state index in [0.717, 1.165) is 19.3 Å². The molecule has 1 aliphatic carbocycles. The minimum absolute atomic E-state index is 0.163. The van der Waals surface area contributed by atoms with Gasteiger partial charge in [0.15, 0.2) is 0 Å². The fourth-order valence-electron chi connectivity index (χ4n) is 2.28. The molecule has 0 amide bonds. The molecule has 0 radical (unpaired) electrons. The number of carbonyl (C=O) groups excluding carboxylic acids is 1. The van der Waals surface area contributed by atoms with Gasteiger partial charge in [0.25, 0.3) is 0 Å². The Morgan fingerprint density at radius 3 is 2.71 bits per heavy atom. The maximum absolute atomic E-state index is 11.5. The summed E-state index contributed by atoms with van der Waals surface area (Å²) >= 11 is 0. The molecule has 0 aromatic rings. The molecule has 4 nitrogen and oxygen atoms in total. The molecular formula is C13H25NO3. The number of hydrogen-bond donors (Lipinski definition) is 2. The van der Waals surface area contributed by atoms with E-state index in [1.54, 1.807) is 0 Å². The Labute approximate surface area is 104 Å². The first kappa shape index (κ1) is 14.5. The van der Waals surface area contributed by atoms with Crippen LogP contribution in [0.4, 0.5) is 0 Å². The van der Waals surface area contributed by atoms with Crippen LogP contribution in [0.25, 0.3) is 0 Å². The number of hydrogen-bond acceptors (Lipinski definition) is 4. The van der Waals surface area contributed by atoms with Crippen LogP contribution in [-0.2, 0) is 9.53 Å². The third kappa shape index (κ3) is 5.50. The Balaban J connectivity index is 2.17. The molecule has 1 rings (SSSR count). The zero-order chi connectivity index (χ0) is 12.9. The third-order valence-electron chi connectivity index (χ3n) is 3.05. The summed E-state index contributed by atoms with van der Waals surface area (Å²) < 4.78 is 5.23. The van der Waals surface area contributed by atoms with Crippen LogP contribution in [0.2, 0.25) is 0 Å². The maximum atomic E-state index is 11.5. The van der Waals surface area contributed by atoms with Crippen LogP contribution in [0.1, 0.15) is 46.5 Å². The second-order valence-electron chi connectivity index (χ2n) is 5.77. The van der Waals surface area contributed by atoms with Gasteiger partial charge in [0.2, 0.25) is 0 Å². The van der Waals surface area contributed by atoms with Crippen molar-refractivity contribution in [3.8, 4) is 0 Å². The summed E-state index contributed by atoms with van der Waals surface area (Å²) in [5.74, 6) is 0.192. The number of nitrogens with one attached hydrogen (secondary N) is 1. The van der Waals surface area contributed by atoms with Crippen LogP contribution in [0.5, 0.6) is 0 Å². The van der Waals surface area contributed by atoms with E-state index in [9.17, 15) is 4.79 Å². The fraction of sp³-hybridized carbons (Fsp3) is 0.923. The lowest BCUT2D eigenvalue weighted by atomic mass is 10.1. The van der Waals surface area contributed by atoms with Crippen molar-refractivity contribution in [2.45, 2.75) is 58.1 Å². The Morgan fingerprint density at radius 2 is 2.12 bits per heavy atom. The molecule has 0 saturated heterocycles. The van der Waals surface area contributed by atoms with Gasteiger partial charge in [0.1, 0.15) is 5.60 Å². The maximum Gasteiger partial charge on any atom is 0.307 e. The van der Waals surface area contributed by atoms with E-state index in [1.165, 1.54) is 0 Å². The van der Waals surface area contributed by atoms with Gasteiger partial charge in [-0.3, -0.25) is 4.79 Å². The van der Waals surface area contributed by atoms with Crippen molar-refractivity contribution in [2.75, 3.05) is 13.2 Å². The van der Waals surface area contributed by atoms with E-state index in [4.69, 9.17) is 9.84 Å². The highest BCUT2D eigenvalue weighted by Crippen LogP contribution is 2.24. The Bertz CT molecular complexity index is 248. The molecule has 2 unspecified atom stereocenters. The van der Waals surface area contributed by atoms with E-state index < -0.39 is 5.60 Å². The van der Waals surface area contributed by atoms with Crippen molar-refractivity contribution in [3.63, 3.8) is 0 Å². The minimum atomic E-state index is -0.405. The lowest BCUT2D eigenvalue weighted by Gasteiger charge is -2.21. The fourth-order valence-corrected chi connectivity index (χ4v) is 2.28. The first-order chi connectivity index (χ1) is 7.92. The molecule has 2 atom stereocenters. The van der Waals surface area contributed by atoms with E-state index in [1.807, 2.05) is 20.8 Å². The zero-order valence-corrected chi connectivity index (χ0v) is 11.2. The summed E-state index contributed by atoms with van der Waals surface area (Å²) in [6.45, 7) is 6.49. The van der Waals surface area contributed by atoms with E-state index in [-0.39, 0.29) is 12.6 Å². The molecule has 0 heterocycles. The molecule has 1 saturated carbocycles. The SMILES string of the molecule is CC(C)(C)OC(=O)CCNC1CCCC1CO. The zero-order valence-electron chi connectivity index (χ0n) is 11.2. The largest absolute Gasteiger partial charge is 0.460 e. The van der Waals surface area contributed by atoms with Gasteiger partial charge in [-0.1, -0.05) is 6.42 Å². The Kier molecular flexibility index (Phi) is 5.40. The monoisotopic (exact) mass is 243 g/mol. The molecule has 0 aliphatic heterocycles. The third-order valence-corrected chi connectivity index (χ3v) is 3.05. The average molecular weight is 243 g/mol. The predicted octanol–water partition coefficient (Wildman–Crippen LogP) is 1.47. The summed E-state index contributed by atoms with van der Waals surface area (Å²) in [5.41, 5.74) is -0.405. The number of aliphatic hydroxyl groups excluding tert-OH is 1. The molecule has 100 valence electrons. The summed E-state index contributed by atoms with van der Waals surface area (Å²) in [4.78, 5) is 11.5. The van der Waals surface area contributed by atoms with Gasteiger partial charge in [0, 0.05) is 19.2 Å². The summed E-state index contributed by atoms with van der Waals surface area (Å²) in [5, 5.41) is 12.5. The standard InChI is InChI=1S/C13H25NO3/c1-13(2,3)17-12(16)7-8-14-11-6-4-5-10(11)9-15/h10-11,14-15H,4-9H2,1-3H3. The molecule has 4 heteroatoms. The number of ether oxygens (including phenoxy) is 1. The van der Waals surface area contributed by atoms with Gasteiger partial charge < -0.3 is 15.2 Å². The van der Waals surface area contributed by atoms with Gasteiger partial charge in [-0.05, 0) is 39.5 Å². The molecule has 17 heavy (non-hydrogen) atoms. The number of aliphatic hydroxyl groups is 1. The normalized spacial score (nSPS) is 24.9. The summed E-state index contributed by atoms with van der Waals surface area (Å²) in [6, 6.07) is 0.363. The van der Waals surface area contributed by atoms with Crippen molar-refractivity contribution in [2.24, 2.45) is 5.92 Å². The first-order valence-corrected chi connectivity index (χ1v) is 6.48. The second kappa shape index (κ2) is 6.36. The number of esters is 1. The molecule has 0 spiro atoms. The van der Waals surface area contributed by atoms with E-state index >= 15 is 0 Å². The van der Waals surface area contributed by atoms with Gasteiger partial charge in [0.05, 0.1) is 6.42 Å². The molecule has 0 bridgehead atoms. The smallest absolute Gasteiger partial charge is 0.307 e. The lowest BCUT2D eigenvalue weighted by molar-refractivity contribution is -0.154. The highest BCUT2D eigenvalue weighted by atomic mass is 16.6. The Morgan fingerprint density at radius 1 is 1.41 bits per heavy atom. The van der Waals surface area contributed by atoms with Crippen molar-refractivity contribution in [1.82, 2.24) is 5.32 Å². The topological polar surface area (TPSA) is 58.6 Å². The van der Waals surface area contributed by atoms with E-state index in [2.05, 4.69) is 5.32 Å². The molecule has 0 aromatic heterocycles. The molecule has 1 aliphatic rings. The van der Waals surface area contributed by atoms with Crippen molar-refractivity contribution >= 4 is 5.97 Å². The van der Waals surface area contributed by atoms with Crippen molar-refractivity contribution < 1.29 is 14.6 Å².